The highest BCUT2D eigenvalue weighted by Gasteiger charge is 2.36. The molecule has 25 heavy (non-hydrogen) atoms. The molecular formula is C19H20ClFN2OS. The van der Waals surface area contributed by atoms with Gasteiger partial charge in [0.1, 0.15) is 5.82 Å². The lowest BCUT2D eigenvalue weighted by Gasteiger charge is -2.38. The van der Waals surface area contributed by atoms with E-state index in [0.29, 0.717) is 13.1 Å². The average Bonchev–Trinajstić information content (AvgIpc) is 3.05. The summed E-state index contributed by atoms with van der Waals surface area (Å²) in [5.74, 6) is 0.591. The molecule has 2 atom stereocenters. The molecule has 2 aromatic rings. The van der Waals surface area contributed by atoms with Crippen LogP contribution in [0.2, 0.25) is 0 Å². The molecule has 1 fully saturated rings. The summed E-state index contributed by atoms with van der Waals surface area (Å²) < 4.78 is 13.6. The summed E-state index contributed by atoms with van der Waals surface area (Å²) in [6.07, 6.45) is 0. The maximum absolute atomic E-state index is 13.6. The third-order valence-corrected chi connectivity index (χ3v) is 5.94. The number of nitrogens with zero attached hydrogens (tertiary/aromatic N) is 1. The van der Waals surface area contributed by atoms with Gasteiger partial charge in [0, 0.05) is 30.3 Å². The standard InChI is InChI=1S/C19H19FN2OS.ClH/c20-14-5-3-4-13(10-14)17-11-21-8-9-22(17)19(23)16-12-24-18-7-2-1-6-15(16)18;/h1-7,10,16-17,21H,8-9,11-12H2;1H. The Bertz CT molecular complexity index is 773. The molecule has 0 bridgehead atoms. The molecule has 6 heteroatoms. The lowest BCUT2D eigenvalue weighted by atomic mass is 9.96. The van der Waals surface area contributed by atoms with Gasteiger partial charge in [-0.3, -0.25) is 4.79 Å². The first-order valence-electron chi connectivity index (χ1n) is 8.22. The molecule has 0 aromatic heterocycles. The van der Waals surface area contributed by atoms with E-state index in [1.54, 1.807) is 17.8 Å². The molecular weight excluding hydrogens is 359 g/mol. The number of rotatable bonds is 2. The van der Waals surface area contributed by atoms with Crippen molar-refractivity contribution in [2.45, 2.75) is 16.9 Å². The van der Waals surface area contributed by atoms with Crippen LogP contribution in [0.25, 0.3) is 0 Å². The number of carbonyl (C=O) groups is 1. The fourth-order valence-electron chi connectivity index (χ4n) is 3.55. The van der Waals surface area contributed by atoms with Crippen LogP contribution in [-0.2, 0) is 4.79 Å². The average molecular weight is 379 g/mol. The van der Waals surface area contributed by atoms with Crippen molar-refractivity contribution in [3.05, 3.63) is 65.5 Å². The van der Waals surface area contributed by atoms with Crippen molar-refractivity contribution >= 4 is 30.1 Å². The van der Waals surface area contributed by atoms with Crippen molar-refractivity contribution in [1.29, 1.82) is 0 Å². The topological polar surface area (TPSA) is 32.3 Å². The molecule has 1 amide bonds. The van der Waals surface area contributed by atoms with Crippen LogP contribution in [0.15, 0.2) is 53.4 Å². The van der Waals surface area contributed by atoms with Gasteiger partial charge in [0.2, 0.25) is 5.91 Å². The van der Waals surface area contributed by atoms with Gasteiger partial charge in [0.15, 0.2) is 0 Å². The number of halogens is 2. The maximum atomic E-state index is 13.6. The van der Waals surface area contributed by atoms with Gasteiger partial charge in [-0.1, -0.05) is 30.3 Å². The van der Waals surface area contributed by atoms with E-state index >= 15 is 0 Å². The Hall–Kier alpha value is -1.56. The number of fused-ring (bicyclic) bond motifs is 1. The third-order valence-electron chi connectivity index (χ3n) is 4.76. The number of piperazine rings is 1. The molecule has 0 radical (unpaired) electrons. The SMILES string of the molecule is Cl.O=C(C1CSc2ccccc21)N1CCNCC1c1cccc(F)c1. The smallest absolute Gasteiger partial charge is 0.231 e. The summed E-state index contributed by atoms with van der Waals surface area (Å²) in [6.45, 7) is 2.10. The number of hydrogen-bond donors (Lipinski definition) is 1. The number of benzene rings is 2. The van der Waals surface area contributed by atoms with E-state index in [1.807, 2.05) is 23.1 Å². The van der Waals surface area contributed by atoms with Crippen LogP contribution in [-0.4, -0.2) is 36.2 Å². The van der Waals surface area contributed by atoms with Gasteiger partial charge in [0.05, 0.1) is 12.0 Å². The number of carbonyl (C=O) groups excluding carboxylic acids is 1. The lowest BCUT2D eigenvalue weighted by molar-refractivity contribution is -0.135. The number of thioether (sulfide) groups is 1. The lowest BCUT2D eigenvalue weighted by Crippen LogP contribution is -2.50. The Kier molecular flexibility index (Phi) is 5.67. The van der Waals surface area contributed by atoms with Crippen LogP contribution >= 0.6 is 24.2 Å². The van der Waals surface area contributed by atoms with Crippen molar-refractivity contribution in [1.82, 2.24) is 10.2 Å². The molecule has 0 saturated carbocycles. The zero-order valence-electron chi connectivity index (χ0n) is 13.7. The summed E-state index contributed by atoms with van der Waals surface area (Å²) in [7, 11) is 0. The minimum Gasteiger partial charge on any atom is -0.333 e. The van der Waals surface area contributed by atoms with E-state index in [1.165, 1.54) is 17.0 Å². The van der Waals surface area contributed by atoms with Gasteiger partial charge < -0.3 is 10.2 Å². The molecule has 1 saturated heterocycles. The normalized spacial score (nSPS) is 22.2. The highest BCUT2D eigenvalue weighted by atomic mass is 35.5. The highest BCUT2D eigenvalue weighted by Crippen LogP contribution is 2.41. The Morgan fingerprint density at radius 3 is 2.88 bits per heavy atom. The first-order valence-corrected chi connectivity index (χ1v) is 9.21. The fourth-order valence-corrected chi connectivity index (χ4v) is 4.77. The Morgan fingerprint density at radius 1 is 1.20 bits per heavy atom. The Labute approximate surface area is 157 Å². The van der Waals surface area contributed by atoms with Crippen LogP contribution in [0, 0.1) is 5.82 Å². The predicted molar refractivity (Wildman–Crippen MR) is 101 cm³/mol. The van der Waals surface area contributed by atoms with Crippen LogP contribution in [0.4, 0.5) is 4.39 Å². The van der Waals surface area contributed by atoms with E-state index in [0.717, 1.165) is 23.4 Å². The summed E-state index contributed by atoms with van der Waals surface area (Å²) in [5, 5.41) is 3.33. The van der Waals surface area contributed by atoms with Crippen molar-refractivity contribution in [3.8, 4) is 0 Å². The highest BCUT2D eigenvalue weighted by molar-refractivity contribution is 7.99. The van der Waals surface area contributed by atoms with Crippen LogP contribution in [0.5, 0.6) is 0 Å². The Balaban J connectivity index is 0.00000182. The van der Waals surface area contributed by atoms with E-state index < -0.39 is 0 Å². The van der Waals surface area contributed by atoms with Crippen LogP contribution in [0.3, 0.4) is 0 Å². The summed E-state index contributed by atoms with van der Waals surface area (Å²) in [4.78, 5) is 16.4. The molecule has 2 heterocycles. The van der Waals surface area contributed by atoms with Crippen molar-refractivity contribution in [2.75, 3.05) is 25.4 Å². The van der Waals surface area contributed by atoms with E-state index in [9.17, 15) is 9.18 Å². The monoisotopic (exact) mass is 378 g/mol. The molecule has 132 valence electrons. The third kappa shape index (κ3) is 3.54. The summed E-state index contributed by atoms with van der Waals surface area (Å²) in [5.41, 5.74) is 1.98. The molecule has 2 unspecified atom stereocenters. The number of amides is 1. The molecule has 4 rings (SSSR count). The second-order valence-corrected chi connectivity index (χ2v) is 7.27. The molecule has 2 aliphatic rings. The quantitative estimate of drug-likeness (QED) is 0.866. The van der Waals surface area contributed by atoms with Crippen molar-refractivity contribution < 1.29 is 9.18 Å². The van der Waals surface area contributed by atoms with Crippen molar-refractivity contribution in [2.24, 2.45) is 0 Å². The summed E-state index contributed by atoms with van der Waals surface area (Å²) in [6, 6.07) is 14.6. The van der Waals surface area contributed by atoms with Crippen molar-refractivity contribution in [3.63, 3.8) is 0 Å². The fraction of sp³-hybridized carbons (Fsp3) is 0.316. The van der Waals surface area contributed by atoms with Crippen LogP contribution < -0.4 is 5.32 Å². The van der Waals surface area contributed by atoms with E-state index in [-0.39, 0.29) is 36.1 Å². The zero-order chi connectivity index (χ0) is 16.5. The first kappa shape index (κ1) is 18.2. The first-order chi connectivity index (χ1) is 11.7. The number of hydrogen-bond acceptors (Lipinski definition) is 3. The predicted octanol–water partition coefficient (Wildman–Crippen LogP) is 3.61. The molecule has 3 nitrogen and oxygen atoms in total. The van der Waals surface area contributed by atoms with Gasteiger partial charge in [-0.15, -0.1) is 24.2 Å². The zero-order valence-corrected chi connectivity index (χ0v) is 15.3. The Morgan fingerprint density at radius 2 is 2.04 bits per heavy atom. The van der Waals surface area contributed by atoms with Gasteiger partial charge >= 0.3 is 0 Å². The summed E-state index contributed by atoms with van der Waals surface area (Å²) >= 11 is 1.74. The minimum absolute atomic E-state index is 0. The minimum atomic E-state index is -0.257. The molecule has 1 N–H and O–H groups in total. The van der Waals surface area contributed by atoms with E-state index in [2.05, 4.69) is 17.4 Å². The van der Waals surface area contributed by atoms with Gasteiger partial charge in [0.25, 0.3) is 0 Å². The van der Waals surface area contributed by atoms with E-state index in [4.69, 9.17) is 0 Å². The largest absolute Gasteiger partial charge is 0.333 e. The number of nitrogens with one attached hydrogen (secondary N) is 1. The molecule has 2 aliphatic heterocycles. The molecule has 2 aromatic carbocycles. The molecule has 0 aliphatic carbocycles. The second-order valence-electron chi connectivity index (χ2n) is 6.21. The maximum Gasteiger partial charge on any atom is 0.231 e. The van der Waals surface area contributed by atoms with Gasteiger partial charge in [-0.25, -0.2) is 4.39 Å². The van der Waals surface area contributed by atoms with Gasteiger partial charge in [-0.05, 0) is 29.3 Å². The molecule has 0 spiro atoms. The second kappa shape index (κ2) is 7.77. The van der Waals surface area contributed by atoms with Gasteiger partial charge in [-0.2, -0.15) is 0 Å². The van der Waals surface area contributed by atoms with Crippen LogP contribution in [0.1, 0.15) is 23.1 Å².